The van der Waals surface area contributed by atoms with E-state index < -0.39 is 0 Å². The van der Waals surface area contributed by atoms with Crippen LogP contribution in [0.2, 0.25) is 0 Å². The number of hydrogen-bond acceptors (Lipinski definition) is 2. The molecule has 1 heterocycles. The lowest BCUT2D eigenvalue weighted by Crippen LogP contribution is -2.66. The van der Waals surface area contributed by atoms with E-state index in [0.717, 1.165) is 12.8 Å². The monoisotopic (exact) mass is 266 g/mol. The second-order valence-electron chi connectivity index (χ2n) is 6.47. The standard InChI is InChI=1S/C15H26N2O2/c1-5-12-14(18)16-13(9(2)3)15(19)17(12)11-7-6-10(4)8-11/h9-13H,5-8H2,1-4H3,(H,16,18). The molecule has 108 valence electrons. The number of carbonyl (C=O) groups excluding carboxylic acids is 2. The van der Waals surface area contributed by atoms with Gasteiger partial charge in [0, 0.05) is 6.04 Å². The molecule has 1 saturated carbocycles. The third-order valence-electron chi connectivity index (χ3n) is 4.57. The lowest BCUT2D eigenvalue weighted by Gasteiger charge is -2.43. The minimum absolute atomic E-state index is 0.0281. The third kappa shape index (κ3) is 2.63. The molecule has 4 heteroatoms. The van der Waals surface area contributed by atoms with Crippen LogP contribution in [0.5, 0.6) is 0 Å². The molecule has 19 heavy (non-hydrogen) atoms. The first-order valence-corrected chi connectivity index (χ1v) is 7.58. The van der Waals surface area contributed by atoms with Gasteiger partial charge in [0.05, 0.1) is 0 Å². The average Bonchev–Trinajstić information content (AvgIpc) is 2.77. The first kappa shape index (κ1) is 14.4. The maximum atomic E-state index is 12.7. The van der Waals surface area contributed by atoms with Gasteiger partial charge in [-0.05, 0) is 37.5 Å². The van der Waals surface area contributed by atoms with Crippen molar-refractivity contribution in [2.75, 3.05) is 0 Å². The molecule has 0 radical (unpaired) electrons. The van der Waals surface area contributed by atoms with Gasteiger partial charge in [0.15, 0.2) is 0 Å². The lowest BCUT2D eigenvalue weighted by atomic mass is 9.94. The Balaban J connectivity index is 2.24. The molecule has 4 unspecified atom stereocenters. The van der Waals surface area contributed by atoms with E-state index in [9.17, 15) is 9.59 Å². The molecule has 1 aliphatic carbocycles. The van der Waals surface area contributed by atoms with E-state index in [1.807, 2.05) is 25.7 Å². The normalized spacial score (nSPS) is 35.9. The highest BCUT2D eigenvalue weighted by molar-refractivity contribution is 5.97. The zero-order valence-corrected chi connectivity index (χ0v) is 12.5. The van der Waals surface area contributed by atoms with Gasteiger partial charge in [-0.1, -0.05) is 27.7 Å². The van der Waals surface area contributed by atoms with Crippen molar-refractivity contribution in [2.45, 2.75) is 71.5 Å². The molecule has 4 atom stereocenters. The first-order chi connectivity index (χ1) is 8.95. The minimum Gasteiger partial charge on any atom is -0.342 e. The second kappa shape index (κ2) is 5.51. The summed E-state index contributed by atoms with van der Waals surface area (Å²) >= 11 is 0. The Kier molecular flexibility index (Phi) is 4.16. The zero-order chi connectivity index (χ0) is 14.2. The molecule has 0 bridgehead atoms. The molecule has 4 nitrogen and oxygen atoms in total. The molecule has 0 aromatic heterocycles. The third-order valence-corrected chi connectivity index (χ3v) is 4.57. The Morgan fingerprint density at radius 3 is 2.47 bits per heavy atom. The Morgan fingerprint density at radius 1 is 1.32 bits per heavy atom. The van der Waals surface area contributed by atoms with Crippen LogP contribution in [0.1, 0.15) is 53.4 Å². The molecule has 2 amide bonds. The summed E-state index contributed by atoms with van der Waals surface area (Å²) in [5.74, 6) is 0.967. The average molecular weight is 266 g/mol. The topological polar surface area (TPSA) is 49.4 Å². The smallest absolute Gasteiger partial charge is 0.246 e. The number of nitrogens with zero attached hydrogens (tertiary/aromatic N) is 1. The summed E-state index contributed by atoms with van der Waals surface area (Å²) in [6.45, 7) is 8.20. The molecule has 1 saturated heterocycles. The molecule has 1 N–H and O–H groups in total. The van der Waals surface area contributed by atoms with Crippen molar-refractivity contribution in [1.82, 2.24) is 10.2 Å². The van der Waals surface area contributed by atoms with Crippen molar-refractivity contribution in [3.05, 3.63) is 0 Å². The molecule has 2 aliphatic rings. The first-order valence-electron chi connectivity index (χ1n) is 7.58. The van der Waals surface area contributed by atoms with Gasteiger partial charge < -0.3 is 10.2 Å². The van der Waals surface area contributed by atoms with Crippen molar-refractivity contribution in [1.29, 1.82) is 0 Å². The summed E-state index contributed by atoms with van der Waals surface area (Å²) in [6.07, 6.45) is 3.95. The predicted octanol–water partition coefficient (Wildman–Crippen LogP) is 1.94. The van der Waals surface area contributed by atoms with Crippen LogP contribution < -0.4 is 5.32 Å². The van der Waals surface area contributed by atoms with E-state index in [-0.39, 0.29) is 35.9 Å². The fourth-order valence-corrected chi connectivity index (χ4v) is 3.45. The van der Waals surface area contributed by atoms with Gasteiger partial charge in [0.25, 0.3) is 0 Å². The van der Waals surface area contributed by atoms with Gasteiger partial charge in [0.1, 0.15) is 12.1 Å². The number of hydrogen-bond donors (Lipinski definition) is 1. The van der Waals surface area contributed by atoms with Crippen molar-refractivity contribution in [3.8, 4) is 0 Å². The summed E-state index contributed by atoms with van der Waals surface area (Å²) < 4.78 is 0. The molecule has 0 aromatic rings. The largest absolute Gasteiger partial charge is 0.342 e. The van der Waals surface area contributed by atoms with Gasteiger partial charge >= 0.3 is 0 Å². The van der Waals surface area contributed by atoms with Crippen molar-refractivity contribution in [2.24, 2.45) is 11.8 Å². The Morgan fingerprint density at radius 2 is 2.00 bits per heavy atom. The quantitative estimate of drug-likeness (QED) is 0.848. The highest BCUT2D eigenvalue weighted by Crippen LogP contribution is 2.32. The number of carbonyl (C=O) groups is 2. The summed E-state index contributed by atoms with van der Waals surface area (Å²) in [5, 5.41) is 2.90. The Hall–Kier alpha value is -1.06. The van der Waals surface area contributed by atoms with E-state index in [2.05, 4.69) is 12.2 Å². The van der Waals surface area contributed by atoms with Gasteiger partial charge in [0.2, 0.25) is 11.8 Å². The van der Waals surface area contributed by atoms with Crippen LogP contribution in [0.25, 0.3) is 0 Å². The highest BCUT2D eigenvalue weighted by Gasteiger charge is 2.45. The number of rotatable bonds is 3. The molecular formula is C15H26N2O2. The summed E-state index contributed by atoms with van der Waals surface area (Å²) in [6, 6.07) is -0.344. The lowest BCUT2D eigenvalue weighted by molar-refractivity contribution is -0.153. The summed E-state index contributed by atoms with van der Waals surface area (Å²) in [4.78, 5) is 26.8. The zero-order valence-electron chi connectivity index (χ0n) is 12.5. The van der Waals surface area contributed by atoms with Gasteiger partial charge in [-0.15, -0.1) is 0 Å². The van der Waals surface area contributed by atoms with Crippen LogP contribution in [0.3, 0.4) is 0 Å². The number of piperazine rings is 1. The fraction of sp³-hybridized carbons (Fsp3) is 0.867. The van der Waals surface area contributed by atoms with Gasteiger partial charge in [-0.3, -0.25) is 9.59 Å². The molecule has 2 rings (SSSR count). The SMILES string of the molecule is CCC1C(=O)NC(C(C)C)C(=O)N1C1CCC(C)C1. The maximum Gasteiger partial charge on any atom is 0.246 e. The Bertz CT molecular complexity index is 367. The summed E-state index contributed by atoms with van der Waals surface area (Å²) in [7, 11) is 0. The highest BCUT2D eigenvalue weighted by atomic mass is 16.2. The molecule has 2 fully saturated rings. The molecule has 0 spiro atoms. The second-order valence-corrected chi connectivity index (χ2v) is 6.47. The van der Waals surface area contributed by atoms with Crippen molar-refractivity contribution >= 4 is 11.8 Å². The van der Waals surface area contributed by atoms with E-state index in [0.29, 0.717) is 12.3 Å². The van der Waals surface area contributed by atoms with Crippen LogP contribution in [0, 0.1) is 11.8 Å². The Labute approximate surface area is 115 Å². The number of nitrogens with one attached hydrogen (secondary N) is 1. The van der Waals surface area contributed by atoms with Crippen LogP contribution in [-0.2, 0) is 9.59 Å². The maximum absolute atomic E-state index is 12.7. The van der Waals surface area contributed by atoms with Crippen molar-refractivity contribution in [3.63, 3.8) is 0 Å². The van der Waals surface area contributed by atoms with E-state index >= 15 is 0 Å². The molecular weight excluding hydrogens is 240 g/mol. The minimum atomic E-state index is -0.341. The number of amides is 2. The summed E-state index contributed by atoms with van der Waals surface area (Å²) in [5.41, 5.74) is 0. The fourth-order valence-electron chi connectivity index (χ4n) is 3.45. The van der Waals surface area contributed by atoms with Crippen LogP contribution in [0.15, 0.2) is 0 Å². The van der Waals surface area contributed by atoms with E-state index in [4.69, 9.17) is 0 Å². The predicted molar refractivity (Wildman–Crippen MR) is 74.5 cm³/mol. The van der Waals surface area contributed by atoms with Gasteiger partial charge in [-0.2, -0.15) is 0 Å². The van der Waals surface area contributed by atoms with Crippen LogP contribution in [0.4, 0.5) is 0 Å². The molecule has 0 aromatic carbocycles. The molecule has 1 aliphatic heterocycles. The van der Waals surface area contributed by atoms with E-state index in [1.165, 1.54) is 6.42 Å². The van der Waals surface area contributed by atoms with Crippen molar-refractivity contribution < 1.29 is 9.59 Å². The van der Waals surface area contributed by atoms with E-state index in [1.54, 1.807) is 0 Å². The van der Waals surface area contributed by atoms with Crippen LogP contribution >= 0.6 is 0 Å². The van der Waals surface area contributed by atoms with Crippen LogP contribution in [-0.4, -0.2) is 34.8 Å². The van der Waals surface area contributed by atoms with Gasteiger partial charge in [-0.25, -0.2) is 0 Å².